The molecule has 0 aliphatic carbocycles. The number of halogens is 3. The first-order chi connectivity index (χ1) is 8.00. The number of benzene rings is 1. The van der Waals surface area contributed by atoms with Gasteiger partial charge >= 0.3 is 0 Å². The Kier molecular flexibility index (Phi) is 3.76. The van der Waals surface area contributed by atoms with E-state index >= 15 is 0 Å². The van der Waals surface area contributed by atoms with Crippen molar-refractivity contribution >= 4 is 34.5 Å². The molecule has 0 radical (unpaired) electrons. The lowest BCUT2D eigenvalue weighted by Crippen LogP contribution is -1.98. The second kappa shape index (κ2) is 4.97. The average molecular weight is 289 g/mol. The van der Waals surface area contributed by atoms with Gasteiger partial charge in [0.25, 0.3) is 0 Å². The van der Waals surface area contributed by atoms with Crippen molar-refractivity contribution in [2.24, 2.45) is 0 Å². The number of rotatable bonds is 2. The minimum absolute atomic E-state index is 0.358. The second-order valence-electron chi connectivity index (χ2n) is 3.87. The summed E-state index contributed by atoms with van der Waals surface area (Å²) in [7, 11) is 0. The third-order valence-corrected chi connectivity index (χ3v) is 4.37. The van der Waals surface area contributed by atoms with Gasteiger partial charge in [-0.25, -0.2) is 4.39 Å². The number of aryl methyl sites for hydroxylation is 2. The first-order valence-corrected chi connectivity index (χ1v) is 6.78. The predicted octanol–water partition coefficient (Wildman–Crippen LogP) is 5.49. The highest BCUT2D eigenvalue weighted by Gasteiger charge is 2.21. The molecular weight excluding hydrogens is 278 g/mol. The molecule has 2 aromatic rings. The van der Waals surface area contributed by atoms with E-state index in [0.717, 1.165) is 15.3 Å². The fourth-order valence-corrected chi connectivity index (χ4v) is 3.62. The van der Waals surface area contributed by atoms with Crippen molar-refractivity contribution < 1.29 is 4.39 Å². The van der Waals surface area contributed by atoms with Crippen molar-refractivity contribution in [2.45, 2.75) is 19.2 Å². The summed E-state index contributed by atoms with van der Waals surface area (Å²) in [4.78, 5) is 2.26. The van der Waals surface area contributed by atoms with Crippen LogP contribution in [0.3, 0.4) is 0 Å². The van der Waals surface area contributed by atoms with Crippen LogP contribution in [0.2, 0.25) is 5.02 Å². The maximum atomic E-state index is 13.8. The van der Waals surface area contributed by atoms with E-state index in [-0.39, 0.29) is 5.82 Å². The molecule has 0 nitrogen and oxygen atoms in total. The van der Waals surface area contributed by atoms with E-state index in [0.29, 0.717) is 10.6 Å². The van der Waals surface area contributed by atoms with Gasteiger partial charge in [0.1, 0.15) is 5.82 Å². The molecule has 1 aromatic heterocycles. The van der Waals surface area contributed by atoms with Gasteiger partial charge in [0, 0.05) is 20.3 Å². The molecule has 1 unspecified atom stereocenters. The van der Waals surface area contributed by atoms with Crippen molar-refractivity contribution in [3.05, 3.63) is 56.0 Å². The quantitative estimate of drug-likeness (QED) is 0.642. The monoisotopic (exact) mass is 288 g/mol. The molecular formula is C13H11Cl2FS. The molecule has 90 valence electrons. The van der Waals surface area contributed by atoms with Crippen LogP contribution in [0.5, 0.6) is 0 Å². The summed E-state index contributed by atoms with van der Waals surface area (Å²) in [5.41, 5.74) is 1.29. The Hall–Kier alpha value is -0.570. The zero-order chi connectivity index (χ0) is 12.6. The molecule has 1 aromatic carbocycles. The highest BCUT2D eigenvalue weighted by atomic mass is 35.5. The van der Waals surface area contributed by atoms with E-state index in [1.54, 1.807) is 23.5 Å². The first kappa shape index (κ1) is 12.9. The summed E-state index contributed by atoms with van der Waals surface area (Å²) in [6.07, 6.45) is 0. The van der Waals surface area contributed by atoms with Crippen LogP contribution in [0.4, 0.5) is 4.39 Å². The van der Waals surface area contributed by atoms with E-state index in [1.807, 2.05) is 19.9 Å². The summed E-state index contributed by atoms with van der Waals surface area (Å²) in [6, 6.07) is 6.60. The summed E-state index contributed by atoms with van der Waals surface area (Å²) in [5.74, 6) is -0.360. The normalized spacial score (nSPS) is 12.8. The summed E-state index contributed by atoms with van der Waals surface area (Å²) < 4.78 is 13.8. The molecule has 0 aliphatic heterocycles. The van der Waals surface area contributed by atoms with Crippen molar-refractivity contribution in [3.63, 3.8) is 0 Å². The molecule has 0 N–H and O–H groups in total. The Balaban J connectivity index is 2.51. The zero-order valence-electron chi connectivity index (χ0n) is 9.43. The summed E-state index contributed by atoms with van der Waals surface area (Å²) in [6.45, 7) is 3.99. The lowest BCUT2D eigenvalue weighted by Gasteiger charge is -2.12. The van der Waals surface area contributed by atoms with Gasteiger partial charge in [-0.05, 0) is 37.6 Å². The van der Waals surface area contributed by atoms with Crippen LogP contribution >= 0.6 is 34.5 Å². The van der Waals surface area contributed by atoms with Crippen LogP contribution in [-0.2, 0) is 0 Å². The van der Waals surface area contributed by atoms with Gasteiger partial charge in [-0.15, -0.1) is 22.9 Å². The van der Waals surface area contributed by atoms with Crippen LogP contribution < -0.4 is 0 Å². The molecule has 0 fully saturated rings. The first-order valence-electron chi connectivity index (χ1n) is 5.15. The maximum absolute atomic E-state index is 13.8. The third kappa shape index (κ3) is 2.49. The molecule has 17 heavy (non-hydrogen) atoms. The maximum Gasteiger partial charge on any atom is 0.129 e. The van der Waals surface area contributed by atoms with Gasteiger partial charge in [-0.1, -0.05) is 17.7 Å². The minimum Gasteiger partial charge on any atom is -0.207 e. The zero-order valence-corrected chi connectivity index (χ0v) is 11.8. The lowest BCUT2D eigenvalue weighted by atomic mass is 10.0. The average Bonchev–Trinajstić information content (AvgIpc) is 2.57. The van der Waals surface area contributed by atoms with E-state index < -0.39 is 5.38 Å². The number of alkyl halides is 1. The highest BCUT2D eigenvalue weighted by Crippen LogP contribution is 2.39. The number of hydrogen-bond donors (Lipinski definition) is 0. The van der Waals surface area contributed by atoms with E-state index in [1.165, 1.54) is 6.07 Å². The van der Waals surface area contributed by atoms with Gasteiger partial charge in [0.05, 0.1) is 5.38 Å². The van der Waals surface area contributed by atoms with Gasteiger partial charge in [-0.3, -0.25) is 0 Å². The minimum atomic E-state index is -0.534. The van der Waals surface area contributed by atoms with Crippen LogP contribution in [0.15, 0.2) is 24.3 Å². The highest BCUT2D eigenvalue weighted by molar-refractivity contribution is 7.12. The lowest BCUT2D eigenvalue weighted by molar-refractivity contribution is 0.612. The second-order valence-corrected chi connectivity index (χ2v) is 6.17. The molecule has 1 atom stereocenters. The molecule has 0 aliphatic rings. The van der Waals surface area contributed by atoms with Gasteiger partial charge < -0.3 is 0 Å². The van der Waals surface area contributed by atoms with Crippen molar-refractivity contribution in [1.82, 2.24) is 0 Å². The van der Waals surface area contributed by atoms with Gasteiger partial charge in [0.2, 0.25) is 0 Å². The Morgan fingerprint density at radius 1 is 1.29 bits per heavy atom. The van der Waals surface area contributed by atoms with Crippen molar-refractivity contribution in [1.29, 1.82) is 0 Å². The van der Waals surface area contributed by atoms with Gasteiger partial charge in [-0.2, -0.15) is 0 Å². The fraction of sp³-hybridized carbons (Fsp3) is 0.231. The van der Waals surface area contributed by atoms with Crippen molar-refractivity contribution in [2.75, 3.05) is 0 Å². The molecule has 4 heteroatoms. The molecule has 0 spiro atoms. The third-order valence-electron chi connectivity index (χ3n) is 2.61. The van der Waals surface area contributed by atoms with Gasteiger partial charge in [0.15, 0.2) is 0 Å². The van der Waals surface area contributed by atoms with Crippen LogP contribution in [0.25, 0.3) is 0 Å². The van der Waals surface area contributed by atoms with E-state index in [4.69, 9.17) is 23.2 Å². The van der Waals surface area contributed by atoms with Crippen molar-refractivity contribution in [3.8, 4) is 0 Å². The topological polar surface area (TPSA) is 0 Å². The predicted molar refractivity (Wildman–Crippen MR) is 72.9 cm³/mol. The van der Waals surface area contributed by atoms with Crippen LogP contribution in [0, 0.1) is 19.7 Å². The number of thiophene rings is 1. The Morgan fingerprint density at radius 3 is 2.53 bits per heavy atom. The molecule has 0 bridgehead atoms. The SMILES string of the molecule is Cc1cc(C(Cl)c2c(F)cccc2Cl)c(C)s1. The molecule has 1 heterocycles. The Morgan fingerprint density at radius 2 is 2.00 bits per heavy atom. The molecule has 0 amide bonds. The van der Waals surface area contributed by atoms with Crippen LogP contribution in [0.1, 0.15) is 26.3 Å². The largest absolute Gasteiger partial charge is 0.207 e. The number of hydrogen-bond acceptors (Lipinski definition) is 1. The Labute approximate surface area is 114 Å². The summed E-state index contributed by atoms with van der Waals surface area (Å²) >= 11 is 14.0. The van der Waals surface area contributed by atoms with Crippen LogP contribution in [-0.4, -0.2) is 0 Å². The molecule has 2 rings (SSSR count). The van der Waals surface area contributed by atoms with E-state index in [9.17, 15) is 4.39 Å². The molecule has 0 saturated heterocycles. The summed E-state index contributed by atoms with van der Waals surface area (Å²) in [5, 5.41) is -0.165. The molecule has 0 saturated carbocycles. The standard InChI is InChI=1S/C13H11Cl2FS/c1-7-6-9(8(2)17-7)13(15)12-10(14)4-3-5-11(12)16/h3-6,13H,1-2H3. The smallest absolute Gasteiger partial charge is 0.129 e. The fourth-order valence-electron chi connectivity index (χ4n) is 1.81. The Bertz CT molecular complexity index is 528. The van der Waals surface area contributed by atoms with E-state index in [2.05, 4.69) is 0 Å².